The van der Waals surface area contributed by atoms with Crippen molar-refractivity contribution in [1.29, 1.82) is 0 Å². The number of benzene rings is 1. The average molecular weight is 550 g/mol. The number of thioether (sulfide) groups is 1. The molecule has 0 aliphatic heterocycles. The number of non-ortho nitro benzene ring substituents is 1. The van der Waals surface area contributed by atoms with Crippen molar-refractivity contribution in [3.05, 3.63) is 69.0 Å². The number of aromatic nitrogens is 1. The average Bonchev–Trinajstić information content (AvgIpc) is 2.87. The number of nitrogens with two attached hydrogens (primary N) is 1. The van der Waals surface area contributed by atoms with Gasteiger partial charge in [0.15, 0.2) is 0 Å². The number of ether oxygens (including phenoxy) is 2. The minimum Gasteiger partial charge on any atom is -0.478 e. The van der Waals surface area contributed by atoms with E-state index in [1.807, 2.05) is 0 Å². The molecular weight excluding hydrogens is 522 g/mol. The number of nitro groups is 1. The Morgan fingerprint density at radius 2 is 1.76 bits per heavy atom. The number of carbonyl (C=O) groups excluding carboxylic acids is 2. The lowest BCUT2D eigenvalue weighted by Gasteiger charge is -2.18. The molecule has 13 nitrogen and oxygen atoms in total. The minimum atomic E-state index is -1.26. The molecule has 2 rings (SSSR count). The van der Waals surface area contributed by atoms with Crippen LogP contribution in [-0.2, 0) is 24.8 Å². The maximum Gasteiger partial charge on any atom is 0.340 e. The number of nitro benzene ring substituents is 1. The predicted octanol–water partition coefficient (Wildman–Crippen LogP) is 2.83. The Kier molecular flexibility index (Phi) is 13.1. The molecule has 0 saturated carbocycles. The highest BCUT2D eigenvalue weighted by Gasteiger charge is 2.29. The third kappa shape index (κ3) is 9.29. The second kappa shape index (κ2) is 15.7. The summed E-state index contributed by atoms with van der Waals surface area (Å²) in [6.45, 7) is 3.86. The van der Waals surface area contributed by atoms with Gasteiger partial charge < -0.3 is 25.4 Å². The molecule has 0 radical (unpaired) electrons. The molecule has 1 aromatic heterocycles. The molecule has 14 heteroatoms. The van der Waals surface area contributed by atoms with Crippen molar-refractivity contribution in [2.24, 2.45) is 5.73 Å². The molecule has 0 atom stereocenters. The van der Waals surface area contributed by atoms with E-state index in [1.54, 1.807) is 19.9 Å². The van der Waals surface area contributed by atoms with Crippen LogP contribution in [0.1, 0.15) is 39.0 Å². The van der Waals surface area contributed by atoms with Crippen molar-refractivity contribution in [2.75, 3.05) is 26.0 Å². The number of esters is 2. The number of rotatable bonds is 11. The molecule has 0 bridgehead atoms. The molecular formula is C24H27N3O10S. The maximum atomic E-state index is 12.9. The molecule has 0 saturated heterocycles. The van der Waals surface area contributed by atoms with Crippen LogP contribution >= 0.6 is 11.8 Å². The summed E-state index contributed by atoms with van der Waals surface area (Å²) in [5.41, 5.74) is 6.83. The van der Waals surface area contributed by atoms with Gasteiger partial charge in [-0.05, 0) is 19.4 Å². The van der Waals surface area contributed by atoms with Crippen LogP contribution in [0.25, 0.3) is 11.1 Å². The summed E-state index contributed by atoms with van der Waals surface area (Å²) in [6, 6.07) is 5.72. The lowest BCUT2D eigenvalue weighted by molar-refractivity contribution is -0.384. The molecule has 0 unspecified atom stereocenters. The molecule has 1 heterocycles. The zero-order valence-electron chi connectivity index (χ0n) is 20.8. The van der Waals surface area contributed by atoms with Crippen molar-refractivity contribution in [2.45, 2.75) is 19.6 Å². The van der Waals surface area contributed by atoms with Gasteiger partial charge in [-0.25, -0.2) is 19.2 Å². The van der Waals surface area contributed by atoms with Crippen LogP contribution < -0.4 is 5.73 Å². The fourth-order valence-corrected chi connectivity index (χ4v) is 3.82. The largest absolute Gasteiger partial charge is 0.478 e. The number of carbonyl (C=O) groups is 4. The van der Waals surface area contributed by atoms with Crippen LogP contribution in [0, 0.1) is 17.0 Å². The molecule has 0 aliphatic carbocycles. The summed E-state index contributed by atoms with van der Waals surface area (Å²) in [4.78, 5) is 59.8. The van der Waals surface area contributed by atoms with Gasteiger partial charge >= 0.3 is 23.9 Å². The Morgan fingerprint density at radius 1 is 1.13 bits per heavy atom. The summed E-state index contributed by atoms with van der Waals surface area (Å²) < 4.78 is 10.1. The van der Waals surface area contributed by atoms with Gasteiger partial charge in [0.1, 0.15) is 0 Å². The van der Waals surface area contributed by atoms with Gasteiger partial charge in [-0.2, -0.15) is 11.8 Å². The van der Waals surface area contributed by atoms with Gasteiger partial charge in [0.2, 0.25) is 0 Å². The molecule has 0 fully saturated rings. The van der Waals surface area contributed by atoms with Crippen molar-refractivity contribution in [3.63, 3.8) is 0 Å². The zero-order valence-corrected chi connectivity index (χ0v) is 21.6. The molecule has 0 aliphatic rings. The Bertz CT molecular complexity index is 1210. The first-order valence-corrected chi connectivity index (χ1v) is 12.1. The number of nitrogens with zero attached hydrogens (tertiary/aromatic N) is 2. The van der Waals surface area contributed by atoms with Crippen LogP contribution in [0.3, 0.4) is 0 Å². The number of carboxylic acids is 2. The summed E-state index contributed by atoms with van der Waals surface area (Å²) in [7, 11) is 1.22. The first-order chi connectivity index (χ1) is 18.0. The number of hydrogen-bond donors (Lipinski definition) is 3. The van der Waals surface area contributed by atoms with Gasteiger partial charge in [0.05, 0.1) is 41.2 Å². The van der Waals surface area contributed by atoms with Crippen molar-refractivity contribution in [1.82, 2.24) is 4.98 Å². The van der Waals surface area contributed by atoms with Gasteiger partial charge in [0.25, 0.3) is 5.69 Å². The van der Waals surface area contributed by atoms with Gasteiger partial charge in [-0.3, -0.25) is 15.1 Å². The SMILES string of the molecule is CCOC(=O)c1c(CSCCN)nc(C)c(C(=O)OC)c1-c1cccc([N+](=O)[O-])c1.O=C(O)C=CC(=O)O. The van der Waals surface area contributed by atoms with E-state index >= 15 is 0 Å². The highest BCUT2D eigenvalue weighted by molar-refractivity contribution is 7.98. The van der Waals surface area contributed by atoms with E-state index in [2.05, 4.69) is 4.98 Å². The number of aliphatic carboxylic acids is 2. The molecule has 0 amide bonds. The van der Waals surface area contributed by atoms with Crippen molar-refractivity contribution in [3.8, 4) is 11.1 Å². The van der Waals surface area contributed by atoms with Crippen molar-refractivity contribution >= 4 is 41.3 Å². The lowest BCUT2D eigenvalue weighted by atomic mass is 9.92. The molecule has 4 N–H and O–H groups in total. The Labute approximate surface area is 221 Å². The van der Waals surface area contributed by atoms with E-state index in [4.69, 9.17) is 25.4 Å². The second-order valence-corrected chi connectivity index (χ2v) is 8.24. The summed E-state index contributed by atoms with van der Waals surface area (Å²) in [5, 5.41) is 26.9. The monoisotopic (exact) mass is 549 g/mol. The Balaban J connectivity index is 0.000000781. The van der Waals surface area contributed by atoms with Gasteiger partial charge in [-0.15, -0.1) is 0 Å². The van der Waals surface area contributed by atoms with Crippen molar-refractivity contribution < 1.29 is 43.8 Å². The number of hydrogen-bond acceptors (Lipinski definition) is 11. The van der Waals surface area contributed by atoms with Crippen LogP contribution in [-0.4, -0.2) is 70.0 Å². The van der Waals surface area contributed by atoms with E-state index in [9.17, 15) is 29.3 Å². The first kappa shape index (κ1) is 31.7. The second-order valence-electron chi connectivity index (χ2n) is 7.14. The van der Waals surface area contributed by atoms with E-state index in [0.29, 0.717) is 47.2 Å². The molecule has 1 aromatic carbocycles. The number of aryl methyl sites for hydroxylation is 1. The van der Waals surface area contributed by atoms with Gasteiger partial charge in [-0.1, -0.05) is 12.1 Å². The highest BCUT2D eigenvalue weighted by atomic mass is 32.2. The van der Waals surface area contributed by atoms with E-state index in [-0.39, 0.29) is 29.0 Å². The summed E-state index contributed by atoms with van der Waals surface area (Å²) in [5.74, 6) is -2.88. The summed E-state index contributed by atoms with van der Waals surface area (Å²) >= 11 is 1.48. The zero-order chi connectivity index (χ0) is 28.8. The quantitative estimate of drug-likeness (QED) is 0.121. The number of carboxylic acid groups (broad SMARTS) is 2. The number of pyridine rings is 1. The predicted molar refractivity (Wildman–Crippen MR) is 138 cm³/mol. The summed E-state index contributed by atoms with van der Waals surface area (Å²) in [6.07, 6.45) is 1.12. The fourth-order valence-electron chi connectivity index (χ4n) is 3.10. The molecule has 38 heavy (non-hydrogen) atoms. The smallest absolute Gasteiger partial charge is 0.340 e. The van der Waals surface area contributed by atoms with Crippen LogP contribution in [0.2, 0.25) is 0 Å². The maximum absolute atomic E-state index is 12.9. The van der Waals surface area contributed by atoms with Gasteiger partial charge in [0, 0.05) is 47.9 Å². The van der Waals surface area contributed by atoms with E-state index < -0.39 is 28.8 Å². The Hall–Kier alpha value is -4.30. The van der Waals surface area contributed by atoms with Crippen LogP contribution in [0.4, 0.5) is 5.69 Å². The van der Waals surface area contributed by atoms with E-state index in [1.165, 1.54) is 37.1 Å². The topological polar surface area (TPSA) is 209 Å². The van der Waals surface area contributed by atoms with Crippen LogP contribution in [0.5, 0.6) is 0 Å². The highest BCUT2D eigenvalue weighted by Crippen LogP contribution is 2.35. The third-order valence-electron chi connectivity index (χ3n) is 4.54. The third-order valence-corrected chi connectivity index (χ3v) is 5.54. The molecule has 204 valence electrons. The minimum absolute atomic E-state index is 0.0635. The number of methoxy groups -OCH3 is 1. The molecule has 2 aromatic rings. The van der Waals surface area contributed by atoms with Crippen LogP contribution in [0.15, 0.2) is 36.4 Å². The molecule has 0 spiro atoms. The Morgan fingerprint density at radius 3 is 2.26 bits per heavy atom. The van der Waals surface area contributed by atoms with E-state index in [0.717, 1.165) is 0 Å². The standard InChI is InChI=1S/C20H23N3O6S.C4H4O4/c1-4-29-20(25)18-15(11-30-9-8-21)22-12(2)16(19(24)28-3)17(18)13-6-5-7-14(10-13)23(26)27;5-3(6)1-2-4(7)8/h5-7,10H,4,8-9,11,21H2,1-3H3;1-2H,(H,5,6)(H,7,8). The fraction of sp³-hybridized carbons (Fsp3) is 0.292. The lowest BCUT2D eigenvalue weighted by Crippen LogP contribution is -2.18. The normalized spacial score (nSPS) is 10.3. The first-order valence-electron chi connectivity index (χ1n) is 10.9.